The van der Waals surface area contributed by atoms with Gasteiger partial charge in [0.25, 0.3) is 0 Å². The quantitative estimate of drug-likeness (QED) is 0.811. The highest BCUT2D eigenvalue weighted by molar-refractivity contribution is 9.10. The lowest BCUT2D eigenvalue weighted by Crippen LogP contribution is -2.57. The van der Waals surface area contributed by atoms with Crippen LogP contribution in [0.15, 0.2) is 22.7 Å². The number of methoxy groups -OCH3 is 1. The maximum Gasteiger partial charge on any atom is 0.331 e. The van der Waals surface area contributed by atoms with Gasteiger partial charge < -0.3 is 10.1 Å². The second-order valence-electron chi connectivity index (χ2n) is 6.55. The Balaban J connectivity index is 2.12. The Morgan fingerprint density at radius 1 is 1.35 bits per heavy atom. The Hall–Kier alpha value is -1.36. The SMILES string of the molecule is COC(=O)[C@]1(NC(=O)Cc2cc(Br)ccc2C)CC[C@@H](C)CC1. The van der Waals surface area contributed by atoms with Gasteiger partial charge >= 0.3 is 5.97 Å². The van der Waals surface area contributed by atoms with Crippen LogP contribution in [-0.2, 0) is 20.7 Å². The molecule has 0 saturated heterocycles. The molecule has 2 rings (SSSR count). The second kappa shape index (κ2) is 7.47. The third-order valence-corrected chi connectivity index (χ3v) is 5.24. The average molecular weight is 382 g/mol. The van der Waals surface area contributed by atoms with Crippen LogP contribution in [-0.4, -0.2) is 24.5 Å². The molecule has 1 aliphatic carbocycles. The number of rotatable bonds is 4. The molecule has 5 heteroatoms. The van der Waals surface area contributed by atoms with Gasteiger partial charge in [0.1, 0.15) is 5.54 Å². The summed E-state index contributed by atoms with van der Waals surface area (Å²) in [5.41, 5.74) is 1.16. The molecule has 0 aromatic heterocycles. The molecule has 1 saturated carbocycles. The highest BCUT2D eigenvalue weighted by Gasteiger charge is 2.43. The fraction of sp³-hybridized carbons (Fsp3) is 0.556. The Morgan fingerprint density at radius 3 is 2.61 bits per heavy atom. The summed E-state index contributed by atoms with van der Waals surface area (Å²) in [6.07, 6.45) is 3.39. The van der Waals surface area contributed by atoms with E-state index in [1.807, 2.05) is 25.1 Å². The summed E-state index contributed by atoms with van der Waals surface area (Å²) in [4.78, 5) is 24.8. The number of amides is 1. The fourth-order valence-corrected chi connectivity index (χ4v) is 3.55. The zero-order valence-corrected chi connectivity index (χ0v) is 15.5. The van der Waals surface area contributed by atoms with Crippen molar-refractivity contribution in [2.24, 2.45) is 5.92 Å². The van der Waals surface area contributed by atoms with Crippen molar-refractivity contribution in [1.82, 2.24) is 5.32 Å². The summed E-state index contributed by atoms with van der Waals surface area (Å²) in [7, 11) is 1.38. The number of aryl methyl sites for hydroxylation is 1. The molecule has 1 aromatic rings. The first-order valence-electron chi connectivity index (χ1n) is 8.01. The van der Waals surface area contributed by atoms with Crippen LogP contribution in [0.1, 0.15) is 43.7 Å². The number of esters is 1. The molecule has 1 N–H and O–H groups in total. The number of benzene rings is 1. The maximum absolute atomic E-state index is 12.5. The third-order valence-electron chi connectivity index (χ3n) is 4.74. The number of halogens is 1. The van der Waals surface area contributed by atoms with Gasteiger partial charge in [0.05, 0.1) is 13.5 Å². The Bertz CT molecular complexity index is 592. The number of carbonyl (C=O) groups excluding carboxylic acids is 2. The predicted octanol–water partition coefficient (Wildman–Crippen LogP) is 3.54. The molecule has 0 spiro atoms. The average Bonchev–Trinajstić information content (AvgIpc) is 2.52. The first kappa shape index (κ1) is 18.0. The molecular formula is C18H24BrNO3. The van der Waals surface area contributed by atoms with Crippen molar-refractivity contribution in [2.45, 2.75) is 51.5 Å². The minimum Gasteiger partial charge on any atom is -0.467 e. The highest BCUT2D eigenvalue weighted by Crippen LogP contribution is 2.33. The van der Waals surface area contributed by atoms with Crippen molar-refractivity contribution in [3.8, 4) is 0 Å². The van der Waals surface area contributed by atoms with E-state index < -0.39 is 5.54 Å². The van der Waals surface area contributed by atoms with E-state index in [9.17, 15) is 9.59 Å². The summed E-state index contributed by atoms with van der Waals surface area (Å²) in [6.45, 7) is 4.15. The van der Waals surface area contributed by atoms with E-state index in [1.165, 1.54) is 7.11 Å². The second-order valence-corrected chi connectivity index (χ2v) is 7.47. The summed E-state index contributed by atoms with van der Waals surface area (Å²) < 4.78 is 5.91. The molecule has 0 aliphatic heterocycles. The number of nitrogens with one attached hydrogen (secondary N) is 1. The van der Waals surface area contributed by atoms with E-state index in [0.717, 1.165) is 28.4 Å². The fourth-order valence-electron chi connectivity index (χ4n) is 3.15. The van der Waals surface area contributed by atoms with Crippen molar-refractivity contribution < 1.29 is 14.3 Å². The number of ether oxygens (including phenoxy) is 1. The molecule has 23 heavy (non-hydrogen) atoms. The molecule has 0 radical (unpaired) electrons. The first-order chi connectivity index (χ1) is 10.9. The largest absolute Gasteiger partial charge is 0.467 e. The minimum atomic E-state index is -0.863. The van der Waals surface area contributed by atoms with Crippen LogP contribution in [0.4, 0.5) is 0 Å². The van der Waals surface area contributed by atoms with Gasteiger partial charge in [-0.3, -0.25) is 4.79 Å². The number of hydrogen-bond acceptors (Lipinski definition) is 3. The van der Waals surface area contributed by atoms with Crippen LogP contribution in [0.2, 0.25) is 0 Å². The van der Waals surface area contributed by atoms with Gasteiger partial charge in [-0.25, -0.2) is 4.79 Å². The molecule has 1 aliphatic rings. The molecule has 0 unspecified atom stereocenters. The van der Waals surface area contributed by atoms with Gasteiger partial charge in [-0.2, -0.15) is 0 Å². The van der Waals surface area contributed by atoms with Gasteiger partial charge in [0.15, 0.2) is 0 Å². The van der Waals surface area contributed by atoms with E-state index >= 15 is 0 Å². The maximum atomic E-state index is 12.5. The molecule has 0 heterocycles. The smallest absolute Gasteiger partial charge is 0.331 e. The summed E-state index contributed by atoms with van der Waals surface area (Å²) in [5.74, 6) is 0.117. The molecule has 1 fully saturated rings. The van der Waals surface area contributed by atoms with Crippen LogP contribution in [0.25, 0.3) is 0 Å². The molecule has 126 valence electrons. The van der Waals surface area contributed by atoms with E-state index in [1.54, 1.807) is 0 Å². The molecule has 0 bridgehead atoms. The lowest BCUT2D eigenvalue weighted by molar-refractivity contribution is -0.153. The van der Waals surface area contributed by atoms with Crippen molar-refractivity contribution in [2.75, 3.05) is 7.11 Å². The van der Waals surface area contributed by atoms with Crippen LogP contribution in [0, 0.1) is 12.8 Å². The minimum absolute atomic E-state index is 0.133. The molecule has 0 atom stereocenters. The Morgan fingerprint density at radius 2 is 2.00 bits per heavy atom. The van der Waals surface area contributed by atoms with Gasteiger partial charge in [-0.1, -0.05) is 28.9 Å². The highest BCUT2D eigenvalue weighted by atomic mass is 79.9. The van der Waals surface area contributed by atoms with Crippen molar-refractivity contribution in [3.63, 3.8) is 0 Å². The third kappa shape index (κ3) is 4.34. The van der Waals surface area contributed by atoms with Gasteiger partial charge in [-0.05, 0) is 61.8 Å². The van der Waals surface area contributed by atoms with Gasteiger partial charge in [-0.15, -0.1) is 0 Å². The monoisotopic (exact) mass is 381 g/mol. The zero-order valence-electron chi connectivity index (χ0n) is 13.9. The normalized spacial score (nSPS) is 24.1. The van der Waals surface area contributed by atoms with Crippen molar-refractivity contribution in [1.29, 1.82) is 0 Å². The molecule has 4 nitrogen and oxygen atoms in total. The molecule has 1 aromatic carbocycles. The van der Waals surface area contributed by atoms with Crippen LogP contribution in [0.3, 0.4) is 0 Å². The van der Waals surface area contributed by atoms with E-state index in [2.05, 4.69) is 28.2 Å². The molecule has 1 amide bonds. The van der Waals surface area contributed by atoms with Crippen LogP contribution < -0.4 is 5.32 Å². The van der Waals surface area contributed by atoms with Crippen LogP contribution in [0.5, 0.6) is 0 Å². The van der Waals surface area contributed by atoms with Gasteiger partial charge in [0.2, 0.25) is 5.91 Å². The van der Waals surface area contributed by atoms with E-state index in [-0.39, 0.29) is 18.3 Å². The van der Waals surface area contributed by atoms with E-state index in [4.69, 9.17) is 4.74 Å². The standard InChI is InChI=1S/C18H24BrNO3/c1-12-6-8-18(9-7-12,17(22)23-3)20-16(21)11-14-10-15(19)5-4-13(14)2/h4-5,10,12H,6-9,11H2,1-3H3,(H,20,21)/t12-,18+. The summed E-state index contributed by atoms with van der Waals surface area (Å²) in [6, 6.07) is 5.88. The zero-order chi connectivity index (χ0) is 17.0. The predicted molar refractivity (Wildman–Crippen MR) is 93.1 cm³/mol. The number of hydrogen-bond donors (Lipinski definition) is 1. The Labute approximate surface area is 146 Å². The summed E-state index contributed by atoms with van der Waals surface area (Å²) >= 11 is 3.43. The lowest BCUT2D eigenvalue weighted by atomic mass is 9.77. The van der Waals surface area contributed by atoms with E-state index in [0.29, 0.717) is 18.8 Å². The number of carbonyl (C=O) groups is 2. The van der Waals surface area contributed by atoms with Crippen LogP contribution >= 0.6 is 15.9 Å². The lowest BCUT2D eigenvalue weighted by Gasteiger charge is -2.37. The first-order valence-corrected chi connectivity index (χ1v) is 8.80. The van der Waals surface area contributed by atoms with Crippen molar-refractivity contribution in [3.05, 3.63) is 33.8 Å². The summed E-state index contributed by atoms with van der Waals surface area (Å²) in [5, 5.41) is 2.97. The van der Waals surface area contributed by atoms with Crippen molar-refractivity contribution >= 4 is 27.8 Å². The van der Waals surface area contributed by atoms with Gasteiger partial charge in [0, 0.05) is 4.47 Å². The molecular weight excluding hydrogens is 358 g/mol. The topological polar surface area (TPSA) is 55.4 Å². The Kier molecular flexibility index (Phi) is 5.84.